The van der Waals surface area contributed by atoms with E-state index in [1.807, 2.05) is 6.92 Å². The molecule has 0 aliphatic heterocycles. The van der Waals surface area contributed by atoms with Crippen LogP contribution in [0.5, 0.6) is 0 Å². The van der Waals surface area contributed by atoms with Gasteiger partial charge in [0.25, 0.3) is 0 Å². The minimum Gasteiger partial charge on any atom is -0.351 e. The van der Waals surface area contributed by atoms with Crippen LogP contribution in [0.25, 0.3) is 0 Å². The molecule has 14 heavy (non-hydrogen) atoms. The predicted octanol–water partition coefficient (Wildman–Crippen LogP) is 2.68. The first-order valence-electron chi connectivity index (χ1n) is 5.48. The van der Waals surface area contributed by atoms with E-state index in [0.717, 1.165) is 25.7 Å². The topological polar surface area (TPSA) is 29.1 Å². The molecule has 2 atom stereocenters. The summed E-state index contributed by atoms with van der Waals surface area (Å²) in [6, 6.07) is -0.288. The highest BCUT2D eigenvalue weighted by molar-refractivity contribution is 5.73. The number of carbonyl (C=O) groups is 1. The Morgan fingerprint density at radius 2 is 2.07 bits per heavy atom. The van der Waals surface area contributed by atoms with Crippen LogP contribution >= 0.6 is 0 Å². The molecular weight excluding hydrogens is 181 g/mol. The summed E-state index contributed by atoms with van der Waals surface area (Å²) in [6.07, 6.45) is 4.15. The third-order valence-electron chi connectivity index (χ3n) is 2.58. The molecule has 0 aromatic rings. The van der Waals surface area contributed by atoms with Crippen LogP contribution < -0.4 is 5.32 Å². The Morgan fingerprint density at radius 3 is 2.43 bits per heavy atom. The number of hydrogen-bond donors (Lipinski definition) is 1. The molecule has 1 N–H and O–H groups in total. The SMILES string of the molecule is CCCCC(CC)[C@@H](CF)NC(C)=O. The number of carbonyl (C=O) groups excluding carboxylic acids is 1. The van der Waals surface area contributed by atoms with Crippen LogP contribution in [0.2, 0.25) is 0 Å². The van der Waals surface area contributed by atoms with Crippen molar-refractivity contribution in [1.29, 1.82) is 0 Å². The Morgan fingerprint density at radius 1 is 1.43 bits per heavy atom. The van der Waals surface area contributed by atoms with Crippen LogP contribution in [-0.4, -0.2) is 18.6 Å². The van der Waals surface area contributed by atoms with Crippen molar-refractivity contribution in [3.05, 3.63) is 0 Å². The highest BCUT2D eigenvalue weighted by atomic mass is 19.1. The minimum absolute atomic E-state index is 0.136. The molecule has 0 saturated heterocycles. The van der Waals surface area contributed by atoms with Crippen molar-refractivity contribution in [1.82, 2.24) is 5.32 Å². The molecule has 1 unspecified atom stereocenters. The van der Waals surface area contributed by atoms with Gasteiger partial charge in [0, 0.05) is 6.92 Å². The van der Waals surface area contributed by atoms with E-state index in [0.29, 0.717) is 0 Å². The zero-order valence-electron chi connectivity index (χ0n) is 9.48. The second kappa shape index (κ2) is 7.77. The van der Waals surface area contributed by atoms with Crippen LogP contribution in [0, 0.1) is 5.92 Å². The second-order valence-corrected chi connectivity index (χ2v) is 3.77. The maximum atomic E-state index is 12.7. The molecular formula is C11H22FNO. The lowest BCUT2D eigenvalue weighted by molar-refractivity contribution is -0.120. The summed E-state index contributed by atoms with van der Waals surface area (Å²) in [5.41, 5.74) is 0. The largest absolute Gasteiger partial charge is 0.351 e. The summed E-state index contributed by atoms with van der Waals surface area (Å²) in [4.78, 5) is 10.8. The van der Waals surface area contributed by atoms with Gasteiger partial charge in [0.15, 0.2) is 0 Å². The van der Waals surface area contributed by atoms with Crippen LogP contribution in [0.15, 0.2) is 0 Å². The fraction of sp³-hybridized carbons (Fsp3) is 0.909. The molecule has 0 saturated carbocycles. The van der Waals surface area contributed by atoms with Gasteiger partial charge in [-0.15, -0.1) is 0 Å². The smallest absolute Gasteiger partial charge is 0.217 e. The van der Waals surface area contributed by atoms with Gasteiger partial charge in [-0.25, -0.2) is 4.39 Å². The average Bonchev–Trinajstić information content (AvgIpc) is 2.16. The van der Waals surface area contributed by atoms with E-state index in [9.17, 15) is 9.18 Å². The molecule has 1 amide bonds. The zero-order valence-corrected chi connectivity index (χ0v) is 9.48. The number of nitrogens with one attached hydrogen (secondary N) is 1. The van der Waals surface area contributed by atoms with Gasteiger partial charge in [0.05, 0.1) is 6.04 Å². The summed E-state index contributed by atoms with van der Waals surface area (Å²) in [6.45, 7) is 5.15. The lowest BCUT2D eigenvalue weighted by Crippen LogP contribution is -2.40. The number of rotatable bonds is 7. The number of alkyl halides is 1. The van der Waals surface area contributed by atoms with E-state index in [4.69, 9.17) is 0 Å². The normalized spacial score (nSPS) is 14.9. The Bertz CT molecular complexity index is 161. The summed E-state index contributed by atoms with van der Waals surface area (Å²) in [7, 11) is 0. The van der Waals surface area contributed by atoms with Crippen molar-refractivity contribution in [3.8, 4) is 0 Å². The van der Waals surface area contributed by atoms with Gasteiger partial charge in [-0.2, -0.15) is 0 Å². The molecule has 0 heterocycles. The van der Waals surface area contributed by atoms with Crippen LogP contribution in [0.1, 0.15) is 46.5 Å². The van der Waals surface area contributed by atoms with Crippen LogP contribution in [0.3, 0.4) is 0 Å². The maximum Gasteiger partial charge on any atom is 0.217 e. The van der Waals surface area contributed by atoms with E-state index >= 15 is 0 Å². The molecule has 0 bridgehead atoms. The lowest BCUT2D eigenvalue weighted by atomic mass is 9.92. The van der Waals surface area contributed by atoms with Crippen molar-refractivity contribution in [2.45, 2.75) is 52.5 Å². The van der Waals surface area contributed by atoms with Crippen LogP contribution in [-0.2, 0) is 4.79 Å². The molecule has 0 aliphatic rings. The van der Waals surface area contributed by atoms with Gasteiger partial charge in [-0.05, 0) is 12.3 Å². The molecule has 0 aliphatic carbocycles. The zero-order chi connectivity index (χ0) is 11.0. The first-order chi connectivity index (χ1) is 6.65. The quantitative estimate of drug-likeness (QED) is 0.677. The van der Waals surface area contributed by atoms with Crippen molar-refractivity contribution in [2.75, 3.05) is 6.67 Å². The third-order valence-corrected chi connectivity index (χ3v) is 2.58. The fourth-order valence-corrected chi connectivity index (χ4v) is 1.70. The maximum absolute atomic E-state index is 12.7. The fourth-order valence-electron chi connectivity index (χ4n) is 1.70. The Kier molecular flexibility index (Phi) is 7.44. The van der Waals surface area contributed by atoms with E-state index < -0.39 is 6.67 Å². The van der Waals surface area contributed by atoms with Gasteiger partial charge in [-0.1, -0.05) is 33.1 Å². The predicted molar refractivity (Wildman–Crippen MR) is 56.9 cm³/mol. The number of amides is 1. The van der Waals surface area contributed by atoms with Gasteiger partial charge in [-0.3, -0.25) is 4.79 Å². The monoisotopic (exact) mass is 203 g/mol. The highest BCUT2D eigenvalue weighted by Gasteiger charge is 2.19. The Labute approximate surface area is 86.3 Å². The first-order valence-corrected chi connectivity index (χ1v) is 5.48. The van der Waals surface area contributed by atoms with Crippen molar-refractivity contribution in [2.24, 2.45) is 5.92 Å². The minimum atomic E-state index is -0.457. The lowest BCUT2D eigenvalue weighted by Gasteiger charge is -2.24. The standard InChI is InChI=1S/C11H22FNO/c1-4-6-7-10(5-2)11(8-12)13-9(3)14/h10-11H,4-8H2,1-3H3,(H,13,14)/t10?,11-/m1/s1. The van der Waals surface area contributed by atoms with Gasteiger partial charge < -0.3 is 5.32 Å². The van der Waals surface area contributed by atoms with Crippen molar-refractivity contribution >= 4 is 5.91 Å². The molecule has 84 valence electrons. The third kappa shape index (κ3) is 5.20. The molecule has 3 heteroatoms. The molecule has 0 radical (unpaired) electrons. The van der Waals surface area contributed by atoms with E-state index in [-0.39, 0.29) is 17.9 Å². The summed E-state index contributed by atoms with van der Waals surface area (Å²) in [5.74, 6) is 0.145. The van der Waals surface area contributed by atoms with E-state index in [2.05, 4.69) is 12.2 Å². The molecule has 0 rings (SSSR count). The molecule has 0 fully saturated rings. The molecule has 0 aromatic carbocycles. The van der Waals surface area contributed by atoms with Crippen molar-refractivity contribution < 1.29 is 9.18 Å². The van der Waals surface area contributed by atoms with Crippen molar-refractivity contribution in [3.63, 3.8) is 0 Å². The number of unbranched alkanes of at least 4 members (excludes halogenated alkanes) is 1. The second-order valence-electron chi connectivity index (χ2n) is 3.77. The van der Waals surface area contributed by atoms with Gasteiger partial charge >= 0.3 is 0 Å². The van der Waals surface area contributed by atoms with Crippen LogP contribution in [0.4, 0.5) is 4.39 Å². The van der Waals surface area contributed by atoms with Gasteiger partial charge in [0.1, 0.15) is 6.67 Å². The highest BCUT2D eigenvalue weighted by Crippen LogP contribution is 2.17. The summed E-state index contributed by atoms with van der Waals surface area (Å²) < 4.78 is 12.7. The average molecular weight is 203 g/mol. The van der Waals surface area contributed by atoms with E-state index in [1.165, 1.54) is 6.92 Å². The summed E-state index contributed by atoms with van der Waals surface area (Å²) >= 11 is 0. The molecule has 0 aromatic heterocycles. The summed E-state index contributed by atoms with van der Waals surface area (Å²) in [5, 5.41) is 2.68. The number of halogens is 1. The first kappa shape index (κ1) is 13.4. The Balaban J connectivity index is 4.06. The van der Waals surface area contributed by atoms with Gasteiger partial charge in [0.2, 0.25) is 5.91 Å². The Hall–Kier alpha value is -0.600. The van der Waals surface area contributed by atoms with E-state index in [1.54, 1.807) is 0 Å². The number of hydrogen-bond acceptors (Lipinski definition) is 1. The molecule has 2 nitrogen and oxygen atoms in total. The molecule has 0 spiro atoms.